The molecule has 178 valence electrons. The Hall–Kier alpha value is -3.30. The first-order valence-electron chi connectivity index (χ1n) is 14.3. The Bertz CT molecular complexity index is 1440. The lowest BCUT2D eigenvalue weighted by Gasteiger charge is -2.29. The number of nitrogens with zero attached hydrogens (tertiary/aromatic N) is 2. The van der Waals surface area contributed by atoms with Crippen molar-refractivity contribution in [2.45, 2.75) is 38.4 Å². The molecule has 0 aliphatic carbocycles. The van der Waals surface area contributed by atoms with Crippen LogP contribution in [-0.2, 0) is 33.9 Å². The molecule has 2 saturated heterocycles. The van der Waals surface area contributed by atoms with Crippen molar-refractivity contribution >= 4 is 23.4 Å². The molecule has 3 heterocycles. The van der Waals surface area contributed by atoms with Crippen LogP contribution < -0.4 is 10.6 Å². The van der Waals surface area contributed by atoms with Crippen LogP contribution in [0.3, 0.4) is 0 Å². The number of piperidine rings is 1. The maximum Gasteiger partial charge on any atom is 0.255 e. The zero-order valence-electron chi connectivity index (χ0n) is 25.1. The number of amides is 3. The number of carbonyl (C=O) groups is 3. The summed E-state index contributed by atoms with van der Waals surface area (Å²) in [5.41, 5.74) is 0.419. The van der Waals surface area contributed by atoms with Gasteiger partial charge in [0.25, 0.3) is 5.91 Å². The highest BCUT2D eigenvalue weighted by Gasteiger charge is 2.39. The van der Waals surface area contributed by atoms with Crippen molar-refractivity contribution < 1.29 is 33.1 Å². The second-order valence-corrected chi connectivity index (χ2v) is 8.03. The van der Waals surface area contributed by atoms with Crippen molar-refractivity contribution in [3.05, 3.63) is 64.5 Å². The number of ether oxygens (including phenoxy) is 1. The second kappa shape index (κ2) is 9.52. The number of rotatable bonds is 6. The average molecular weight is 474 g/mol. The van der Waals surface area contributed by atoms with Gasteiger partial charge in [-0.2, -0.15) is 0 Å². The van der Waals surface area contributed by atoms with E-state index in [1.165, 1.54) is 24.3 Å². The summed E-state index contributed by atoms with van der Waals surface area (Å²) in [6, 6.07) is 5.31. The van der Waals surface area contributed by atoms with Crippen molar-refractivity contribution in [2.24, 2.45) is 0 Å². The minimum Gasteiger partial charge on any atom is -0.381 e. The number of carbonyl (C=O) groups excluding carboxylic acids is 3. The molecule has 1 unspecified atom stereocenters. The van der Waals surface area contributed by atoms with E-state index in [4.69, 9.17) is 14.3 Å². The van der Waals surface area contributed by atoms with E-state index in [0.29, 0.717) is 19.8 Å². The summed E-state index contributed by atoms with van der Waals surface area (Å²) in [7, 11) is 0. The number of hydrogen-bond donors (Lipinski definition) is 2. The first-order chi connectivity index (χ1) is 19.1. The van der Waals surface area contributed by atoms with Gasteiger partial charge < -0.3 is 15.0 Å². The molecule has 2 N–H and O–H groups in total. The first-order valence-corrected chi connectivity index (χ1v) is 10.8. The van der Waals surface area contributed by atoms with Gasteiger partial charge in [-0.15, -0.1) is 0 Å². The van der Waals surface area contributed by atoms with Crippen LogP contribution >= 0.6 is 0 Å². The first kappa shape index (κ1) is 15.6. The van der Waals surface area contributed by atoms with Gasteiger partial charge in [-0.05, 0) is 30.1 Å². The lowest BCUT2D eigenvalue weighted by atomic mass is 10.0. The Balaban J connectivity index is 1.43. The number of nitrogens with one attached hydrogen (secondary N) is 2. The van der Waals surface area contributed by atoms with Gasteiger partial charge in [0.15, 0.2) is 0 Å². The number of hydrogen-bond acceptors (Lipinski definition) is 6. The number of benzene rings is 2. The van der Waals surface area contributed by atoms with E-state index in [1.54, 1.807) is 17.4 Å². The molecular weight excluding hydrogens is 439 g/mol. The number of morpholine rings is 1. The van der Waals surface area contributed by atoms with Crippen LogP contribution in [0.15, 0.2) is 36.4 Å². The quantitative estimate of drug-likeness (QED) is 0.624. The molecule has 0 spiro atoms. The Morgan fingerprint density at radius 3 is 2.82 bits per heavy atom. The zero-order chi connectivity index (χ0) is 30.0. The molecule has 3 amide bonds. The van der Waals surface area contributed by atoms with Crippen LogP contribution in [-0.4, -0.2) is 59.8 Å². The predicted molar refractivity (Wildman–Crippen MR) is 122 cm³/mol. The van der Waals surface area contributed by atoms with Crippen LogP contribution in [0.5, 0.6) is 0 Å². The van der Waals surface area contributed by atoms with Gasteiger partial charge in [-0.3, -0.25) is 24.6 Å². The van der Waals surface area contributed by atoms with Crippen LogP contribution in [0.4, 0.5) is 10.1 Å². The summed E-state index contributed by atoms with van der Waals surface area (Å²) in [6.07, 6.45) is -7.08. The van der Waals surface area contributed by atoms with Crippen LogP contribution in [0, 0.1) is 5.82 Å². The third-order valence-electron chi connectivity index (χ3n) is 5.78. The van der Waals surface area contributed by atoms with Gasteiger partial charge in [-0.25, -0.2) is 4.39 Å². The Labute approximate surface area is 206 Å². The smallest absolute Gasteiger partial charge is 0.255 e. The van der Waals surface area contributed by atoms with E-state index in [-0.39, 0.29) is 33.8 Å². The molecule has 1 atom stereocenters. The number of anilines is 1. The Morgan fingerprint density at radius 2 is 2.03 bits per heavy atom. The third kappa shape index (κ3) is 4.53. The summed E-state index contributed by atoms with van der Waals surface area (Å²) in [6.45, 7) is 0.144. The number of halogens is 1. The van der Waals surface area contributed by atoms with Crippen LogP contribution in [0.25, 0.3) is 0 Å². The van der Waals surface area contributed by atoms with Gasteiger partial charge in [-0.1, -0.05) is 18.2 Å². The Morgan fingerprint density at radius 1 is 1.21 bits per heavy atom. The third-order valence-corrected chi connectivity index (χ3v) is 5.78. The van der Waals surface area contributed by atoms with E-state index < -0.39 is 48.8 Å². The van der Waals surface area contributed by atoms with Crippen LogP contribution in [0.1, 0.15) is 49.4 Å². The molecule has 2 aromatic rings. The topological polar surface area (TPSA) is 91.0 Å². The lowest BCUT2D eigenvalue weighted by Crippen LogP contribution is -2.52. The molecule has 34 heavy (non-hydrogen) atoms. The van der Waals surface area contributed by atoms with E-state index in [2.05, 4.69) is 10.2 Å². The normalized spacial score (nSPS) is 30.6. The standard InChI is InChI=1S/C25H27FN4O4/c26-20-12-16(14-29-8-10-34-11-9-29)4-5-17(20)13-27-21-3-1-2-18-19(21)15-30(25(18)33)22-6-7-23(31)28-24(22)32/h1-5,12,22,27H,6-11,13-15H2,(H,28,31,32)/i6D2,7D2,15D2,22D. The van der Waals surface area contributed by atoms with Crippen LogP contribution in [0.2, 0.25) is 0 Å². The van der Waals surface area contributed by atoms with Crippen molar-refractivity contribution in [1.82, 2.24) is 15.1 Å². The lowest BCUT2D eigenvalue weighted by molar-refractivity contribution is -0.136. The van der Waals surface area contributed by atoms with E-state index >= 15 is 0 Å². The van der Waals surface area contributed by atoms with Gasteiger partial charge in [0.1, 0.15) is 11.8 Å². The van der Waals surface area contributed by atoms with E-state index in [0.717, 1.165) is 18.7 Å². The molecule has 0 radical (unpaired) electrons. The minimum atomic E-state index is -3.63. The van der Waals surface area contributed by atoms with Gasteiger partial charge in [0, 0.05) is 66.9 Å². The fourth-order valence-electron chi connectivity index (χ4n) is 4.00. The fraction of sp³-hybridized carbons (Fsp3) is 0.400. The molecule has 0 saturated carbocycles. The molecule has 0 aromatic heterocycles. The van der Waals surface area contributed by atoms with Gasteiger partial charge in [0.05, 0.1) is 17.3 Å². The highest BCUT2D eigenvalue weighted by molar-refractivity contribution is 6.06. The average Bonchev–Trinajstić information content (AvgIpc) is 3.12. The summed E-state index contributed by atoms with van der Waals surface area (Å²) in [5, 5.41) is 4.47. The minimum absolute atomic E-state index is 0.0243. The fourth-order valence-corrected chi connectivity index (χ4v) is 4.00. The molecule has 2 aromatic carbocycles. The van der Waals surface area contributed by atoms with Crippen molar-refractivity contribution in [3.63, 3.8) is 0 Å². The summed E-state index contributed by atoms with van der Waals surface area (Å²) < 4.78 is 78.8. The predicted octanol–water partition coefficient (Wildman–Crippen LogP) is 2.03. The van der Waals surface area contributed by atoms with E-state index in [1.807, 2.05) is 0 Å². The highest BCUT2D eigenvalue weighted by atomic mass is 19.1. The molecule has 3 aliphatic rings. The monoisotopic (exact) mass is 473 g/mol. The molecule has 8 nitrogen and oxygen atoms in total. The van der Waals surface area contributed by atoms with E-state index in [9.17, 15) is 18.8 Å². The van der Waals surface area contributed by atoms with Gasteiger partial charge >= 0.3 is 0 Å². The maximum atomic E-state index is 15.0. The van der Waals surface area contributed by atoms with Crippen molar-refractivity contribution in [2.75, 3.05) is 31.6 Å². The maximum absolute atomic E-state index is 15.0. The van der Waals surface area contributed by atoms with Gasteiger partial charge in [0.2, 0.25) is 11.8 Å². The zero-order valence-corrected chi connectivity index (χ0v) is 18.1. The molecule has 9 heteroatoms. The number of imide groups is 1. The highest BCUT2D eigenvalue weighted by Crippen LogP contribution is 2.32. The molecule has 5 rings (SSSR count). The molecule has 3 aliphatic heterocycles. The molecular formula is C25H27FN4O4. The molecule has 2 fully saturated rings. The summed E-state index contributed by atoms with van der Waals surface area (Å²) in [4.78, 5) is 40.5. The second-order valence-electron chi connectivity index (χ2n) is 8.03. The van der Waals surface area contributed by atoms with Crippen molar-refractivity contribution in [3.8, 4) is 0 Å². The number of fused-ring (bicyclic) bond motifs is 1. The summed E-state index contributed by atoms with van der Waals surface area (Å²) >= 11 is 0. The van der Waals surface area contributed by atoms with Crippen molar-refractivity contribution in [1.29, 1.82) is 0 Å². The Kier molecular flexibility index (Phi) is 4.36. The largest absolute Gasteiger partial charge is 0.381 e. The summed E-state index contributed by atoms with van der Waals surface area (Å²) in [5.74, 6) is -5.06. The molecule has 0 bridgehead atoms. The SMILES string of the molecule is [2H]C1([2H])c2c(NCc3ccc(CN4CCOCC4)cc3F)cccc2C(=O)N1C1([2H])C(=O)NC(=O)C([2H])([2H])C1([2H])[2H].